The number of hydrogen-bond acceptors (Lipinski definition) is 7. The van der Waals surface area contributed by atoms with Gasteiger partial charge in [0.15, 0.2) is 0 Å². The van der Waals surface area contributed by atoms with Crippen LogP contribution in [0.2, 0.25) is 0 Å². The van der Waals surface area contributed by atoms with Gasteiger partial charge < -0.3 is 25.2 Å². The van der Waals surface area contributed by atoms with E-state index in [1.807, 2.05) is 36.4 Å². The van der Waals surface area contributed by atoms with Gasteiger partial charge in [-0.2, -0.15) is 22.4 Å². The van der Waals surface area contributed by atoms with E-state index in [4.69, 9.17) is 9.52 Å². The number of rotatable bonds is 5. The molecule has 1 radical (unpaired) electrons. The van der Waals surface area contributed by atoms with Crippen molar-refractivity contribution in [2.45, 2.75) is 6.92 Å². The summed E-state index contributed by atoms with van der Waals surface area (Å²) in [7, 11) is 0.750. The van der Waals surface area contributed by atoms with Crippen LogP contribution < -0.4 is 15.3 Å². The van der Waals surface area contributed by atoms with Gasteiger partial charge in [-0.05, 0) is 31.2 Å². The zero-order valence-corrected chi connectivity index (χ0v) is 19.2. The molecule has 9 nitrogen and oxygen atoms in total. The standard InChI is InChI=1S/C22H18N4O3.CH3O.O.V/c1-15-19(22(28)26(25-15)17-11-6-3-7-12-17)20(16-9-4-2-5-10-16)23-24-21(27)18-13-8-14-29-18;1-2;;/h2-14,28H,1H3,(H,24,27);1H3;;/q;-1;-2;/p-2/b23-20+;;;. The predicted molar refractivity (Wildman–Crippen MR) is 112 cm³/mol. The molecule has 4 rings (SSSR count). The molecule has 33 heavy (non-hydrogen) atoms. The Hall–Kier alpha value is -3.63. The van der Waals surface area contributed by atoms with Crippen LogP contribution in [0.4, 0.5) is 0 Å². The molecule has 4 aromatic rings. The van der Waals surface area contributed by atoms with Crippen molar-refractivity contribution in [3.63, 3.8) is 0 Å². The molecule has 2 heterocycles. The second-order valence-corrected chi connectivity index (χ2v) is 6.21. The van der Waals surface area contributed by atoms with Crippen molar-refractivity contribution in [3.05, 3.63) is 102 Å². The zero-order chi connectivity index (χ0) is 22.2. The summed E-state index contributed by atoms with van der Waals surface area (Å²) in [6.45, 7) is 1.73. The van der Waals surface area contributed by atoms with Crippen LogP contribution >= 0.6 is 0 Å². The molecule has 0 spiro atoms. The first kappa shape index (κ1) is 27.4. The van der Waals surface area contributed by atoms with Gasteiger partial charge in [0, 0.05) is 35.6 Å². The molecule has 0 saturated carbocycles. The fraction of sp³-hybridized carbons (Fsp3) is 0.0870. The molecule has 0 aliphatic carbocycles. The van der Waals surface area contributed by atoms with Crippen LogP contribution in [-0.4, -0.2) is 28.5 Å². The average Bonchev–Trinajstić information content (AvgIpc) is 3.46. The number of aromatic nitrogens is 2. The van der Waals surface area contributed by atoms with E-state index in [0.29, 0.717) is 16.9 Å². The Morgan fingerprint density at radius 2 is 1.52 bits per heavy atom. The summed E-state index contributed by atoms with van der Waals surface area (Å²) in [5.74, 6) is -0.902. The second-order valence-electron chi connectivity index (χ2n) is 6.21. The molecule has 0 aliphatic rings. The number of para-hydroxylation sites is 1. The minimum Gasteiger partial charge on any atom is -2.00 e. The molecule has 10 heteroatoms. The van der Waals surface area contributed by atoms with Gasteiger partial charge in [-0.25, -0.2) is 4.68 Å². The summed E-state index contributed by atoms with van der Waals surface area (Å²) < 4.78 is 6.37. The zero-order valence-electron chi connectivity index (χ0n) is 17.8. The average molecular weight is 482 g/mol. The van der Waals surface area contributed by atoms with Crippen LogP contribution in [0.3, 0.4) is 0 Å². The first-order chi connectivity index (χ1) is 15.1. The van der Waals surface area contributed by atoms with Crippen molar-refractivity contribution < 1.29 is 43.8 Å². The Morgan fingerprint density at radius 1 is 0.909 bits per heavy atom. The van der Waals surface area contributed by atoms with E-state index in [1.165, 1.54) is 17.0 Å². The van der Waals surface area contributed by atoms with Gasteiger partial charge in [0.05, 0.1) is 23.5 Å². The fourth-order valence-corrected chi connectivity index (χ4v) is 2.92. The van der Waals surface area contributed by atoms with Gasteiger partial charge in [0.25, 0.3) is 0 Å². The third kappa shape index (κ3) is 6.21. The van der Waals surface area contributed by atoms with E-state index < -0.39 is 5.90 Å². The van der Waals surface area contributed by atoms with E-state index in [1.54, 1.807) is 37.3 Å². The van der Waals surface area contributed by atoms with Crippen molar-refractivity contribution >= 4 is 11.6 Å². The van der Waals surface area contributed by atoms with Gasteiger partial charge >= 0.3 is 0 Å². The Kier molecular flexibility index (Phi) is 10.8. The van der Waals surface area contributed by atoms with Crippen LogP contribution in [0.25, 0.3) is 5.69 Å². The third-order valence-corrected chi connectivity index (χ3v) is 4.28. The molecule has 0 aliphatic heterocycles. The molecule has 0 fully saturated rings. The first-order valence-electron chi connectivity index (χ1n) is 9.30. The van der Waals surface area contributed by atoms with Gasteiger partial charge in [0.1, 0.15) is 11.5 Å². The molecule has 2 aromatic carbocycles. The summed E-state index contributed by atoms with van der Waals surface area (Å²) in [5, 5.41) is 45.9. The van der Waals surface area contributed by atoms with Crippen molar-refractivity contribution in [2.75, 3.05) is 7.11 Å². The quantitative estimate of drug-likeness (QED) is 0.238. The van der Waals surface area contributed by atoms with E-state index in [9.17, 15) is 10.2 Å². The smallest absolute Gasteiger partial charge is 0.139 e. The molecule has 171 valence electrons. The molecule has 0 N–H and O–H groups in total. The maximum Gasteiger partial charge on any atom is 0.139 e. The molecule has 0 unspecified atom stereocenters. The van der Waals surface area contributed by atoms with Gasteiger partial charge in [-0.3, -0.25) is 0 Å². The van der Waals surface area contributed by atoms with Crippen LogP contribution in [0.1, 0.15) is 22.6 Å². The predicted octanol–water partition coefficient (Wildman–Crippen LogP) is 1.26. The maximum absolute atomic E-state index is 13.2. The Labute approximate surface area is 202 Å². The Morgan fingerprint density at radius 3 is 2.09 bits per heavy atom. The van der Waals surface area contributed by atoms with E-state index in [-0.39, 0.29) is 46.9 Å². The van der Waals surface area contributed by atoms with Crippen LogP contribution in [0.15, 0.2) is 93.7 Å². The van der Waals surface area contributed by atoms with Gasteiger partial charge in [0.2, 0.25) is 0 Å². The maximum atomic E-state index is 13.2. The van der Waals surface area contributed by atoms with Crippen LogP contribution in [-0.2, 0) is 24.0 Å². The number of hydrogen-bond donors (Lipinski definition) is 0. The second kappa shape index (κ2) is 13.0. The summed E-state index contributed by atoms with van der Waals surface area (Å²) in [4.78, 5) is 0. The van der Waals surface area contributed by atoms with Crippen molar-refractivity contribution in [1.82, 2.24) is 9.78 Å². The fourth-order valence-electron chi connectivity index (χ4n) is 2.92. The van der Waals surface area contributed by atoms with Crippen molar-refractivity contribution in [3.8, 4) is 11.6 Å². The van der Waals surface area contributed by atoms with Crippen molar-refractivity contribution in [2.24, 2.45) is 10.2 Å². The summed E-state index contributed by atoms with van der Waals surface area (Å²) in [5.41, 5.74) is 2.34. The molecular formula is C23H19N4O5V-5. The molecular weight excluding hydrogens is 463 g/mol. The van der Waals surface area contributed by atoms with Crippen molar-refractivity contribution in [1.29, 1.82) is 0 Å². The minimum absolute atomic E-state index is 0. The van der Waals surface area contributed by atoms with Gasteiger partial charge in [-0.1, -0.05) is 48.5 Å². The van der Waals surface area contributed by atoms with E-state index >= 15 is 0 Å². The van der Waals surface area contributed by atoms with Gasteiger partial charge in [-0.15, -0.1) is 0 Å². The number of nitrogens with zero attached hydrogens (tertiary/aromatic N) is 4. The number of aryl methyl sites for hydroxylation is 1. The summed E-state index contributed by atoms with van der Waals surface area (Å²) in [6.07, 6.45) is 1.38. The largest absolute Gasteiger partial charge is 2.00 e. The van der Waals surface area contributed by atoms with Crippen LogP contribution in [0, 0.1) is 6.92 Å². The van der Waals surface area contributed by atoms with E-state index in [0.717, 1.165) is 7.11 Å². The molecule has 2 aromatic heterocycles. The first-order valence-corrected chi connectivity index (χ1v) is 9.30. The third-order valence-electron chi connectivity index (χ3n) is 4.28. The SMILES string of the molecule is C[O-].Cc1nn(-c2ccccc2)c([O-])c1/C(=N/N=C(\[O-])c1ccco1)c1ccccc1.[O-2].[V]. The molecule has 0 atom stereocenters. The summed E-state index contributed by atoms with van der Waals surface area (Å²) in [6, 6.07) is 21.3. The van der Waals surface area contributed by atoms with E-state index in [2.05, 4.69) is 15.3 Å². The Balaban J connectivity index is 0.00000133. The molecule has 0 bridgehead atoms. The Bertz CT molecular complexity index is 1170. The molecule has 0 saturated heterocycles. The number of furan rings is 1. The monoisotopic (exact) mass is 482 g/mol. The minimum atomic E-state index is -0.635. The normalized spacial score (nSPS) is 11.0. The topological polar surface area (TPSA) is 153 Å². The van der Waals surface area contributed by atoms with Crippen LogP contribution in [0.5, 0.6) is 5.88 Å². The number of benzene rings is 2. The summed E-state index contributed by atoms with van der Waals surface area (Å²) >= 11 is 0. The molecule has 0 amide bonds.